The average Bonchev–Trinajstić information content (AvgIpc) is 3.57. The van der Waals surface area contributed by atoms with Gasteiger partial charge >= 0.3 is 11.9 Å². The van der Waals surface area contributed by atoms with Crippen LogP contribution in [0.2, 0.25) is 0 Å². The van der Waals surface area contributed by atoms with Crippen molar-refractivity contribution < 1.29 is 42.1 Å². The van der Waals surface area contributed by atoms with E-state index in [2.05, 4.69) is 111 Å². The first-order valence-electron chi connectivity index (χ1n) is 36.9. The van der Waals surface area contributed by atoms with Crippen LogP contribution >= 0.6 is 7.82 Å². The molecule has 0 aliphatic carbocycles. The number of carbonyl (C=O) groups is 2. The molecule has 0 aliphatic heterocycles. The van der Waals surface area contributed by atoms with E-state index in [0.717, 1.165) is 83.5 Å². The van der Waals surface area contributed by atoms with E-state index >= 15 is 0 Å². The zero-order valence-corrected chi connectivity index (χ0v) is 59.1. The normalized spacial score (nSPS) is 13.7. The standard InChI is InChI=1S/C78H140NO8P/c1-6-8-10-12-14-16-18-20-22-24-26-28-30-32-33-34-35-36-37-38-39-40-41-42-43-44-45-47-48-50-52-54-56-58-60-62-64-66-68-70-77(80)84-74-76(75-86-88(82,83)85-73-72-79(3,4)5)87-78(81)71-69-67-65-63-61-59-57-55-53-51-49-46-31-29-27-25-23-21-19-17-15-13-11-9-7-2/h9,11,15,17,21,23-24,26-27,29,46,49,53,55,59,61,76H,6-8,10,12-14,16,18-20,22,25,28,30-45,47-48,50-52,54,56-58,60,62-75H2,1-5H3/b11-9-,17-15-,23-21-,26-24-,29-27-,49-46-,55-53-,61-59-. The van der Waals surface area contributed by atoms with Crippen LogP contribution in [0, 0.1) is 0 Å². The Kier molecular flexibility index (Phi) is 65.9. The largest absolute Gasteiger partial charge is 0.756 e. The molecule has 0 heterocycles. The Morgan fingerprint density at radius 2 is 0.648 bits per heavy atom. The van der Waals surface area contributed by atoms with Crippen LogP contribution in [0.15, 0.2) is 97.2 Å². The van der Waals surface area contributed by atoms with Crippen molar-refractivity contribution in [1.29, 1.82) is 0 Å². The maximum atomic E-state index is 12.8. The number of phosphoric acid groups is 1. The molecule has 0 aliphatic rings. The van der Waals surface area contributed by atoms with Crippen LogP contribution in [-0.4, -0.2) is 70.0 Å². The highest BCUT2D eigenvalue weighted by molar-refractivity contribution is 7.45. The van der Waals surface area contributed by atoms with Gasteiger partial charge in [0.15, 0.2) is 6.10 Å². The van der Waals surface area contributed by atoms with Crippen LogP contribution in [0.3, 0.4) is 0 Å². The topological polar surface area (TPSA) is 111 Å². The molecule has 0 rings (SSSR count). The molecule has 510 valence electrons. The molecule has 0 spiro atoms. The first-order valence-corrected chi connectivity index (χ1v) is 38.4. The lowest BCUT2D eigenvalue weighted by Gasteiger charge is -2.28. The zero-order valence-electron chi connectivity index (χ0n) is 58.2. The molecular formula is C78H140NO8P. The third-order valence-electron chi connectivity index (χ3n) is 16.1. The summed E-state index contributed by atoms with van der Waals surface area (Å²) in [4.78, 5) is 38.1. The molecular weight excluding hydrogens is 1110 g/mol. The van der Waals surface area contributed by atoms with Crippen LogP contribution in [0.5, 0.6) is 0 Å². The van der Waals surface area contributed by atoms with E-state index in [-0.39, 0.29) is 32.0 Å². The Morgan fingerprint density at radius 3 is 0.989 bits per heavy atom. The fourth-order valence-corrected chi connectivity index (χ4v) is 11.2. The number of ether oxygens (including phenoxy) is 2. The maximum Gasteiger partial charge on any atom is 0.306 e. The lowest BCUT2D eigenvalue weighted by molar-refractivity contribution is -0.870. The van der Waals surface area contributed by atoms with E-state index in [1.165, 1.54) is 218 Å². The minimum absolute atomic E-state index is 0.0411. The van der Waals surface area contributed by atoms with E-state index in [4.69, 9.17) is 18.5 Å². The number of hydrogen-bond donors (Lipinski definition) is 0. The lowest BCUT2D eigenvalue weighted by atomic mass is 10.0. The third kappa shape index (κ3) is 72.0. The highest BCUT2D eigenvalue weighted by Gasteiger charge is 2.22. The van der Waals surface area contributed by atoms with Gasteiger partial charge < -0.3 is 27.9 Å². The van der Waals surface area contributed by atoms with Gasteiger partial charge in [0.1, 0.15) is 19.8 Å². The van der Waals surface area contributed by atoms with Crippen LogP contribution < -0.4 is 4.89 Å². The smallest absolute Gasteiger partial charge is 0.306 e. The molecule has 88 heavy (non-hydrogen) atoms. The molecule has 2 unspecified atom stereocenters. The van der Waals surface area contributed by atoms with Crippen LogP contribution in [0.1, 0.15) is 335 Å². The molecule has 0 amide bonds. The molecule has 0 aromatic heterocycles. The summed E-state index contributed by atoms with van der Waals surface area (Å²) in [6, 6.07) is 0. The van der Waals surface area contributed by atoms with Crippen molar-refractivity contribution in [2.24, 2.45) is 0 Å². The van der Waals surface area contributed by atoms with Crippen LogP contribution in [0.25, 0.3) is 0 Å². The maximum absolute atomic E-state index is 12.8. The minimum Gasteiger partial charge on any atom is -0.756 e. The molecule has 9 nitrogen and oxygen atoms in total. The van der Waals surface area contributed by atoms with Crippen molar-refractivity contribution in [3.8, 4) is 0 Å². The molecule has 0 radical (unpaired) electrons. The Bertz CT molecular complexity index is 1810. The summed E-state index contributed by atoms with van der Waals surface area (Å²) in [5.74, 6) is -0.865. The number of allylic oxidation sites excluding steroid dienone is 16. The van der Waals surface area contributed by atoms with Crippen molar-refractivity contribution in [1.82, 2.24) is 0 Å². The first kappa shape index (κ1) is 84.9. The van der Waals surface area contributed by atoms with E-state index < -0.39 is 26.5 Å². The van der Waals surface area contributed by atoms with Crippen molar-refractivity contribution in [2.45, 2.75) is 341 Å². The summed E-state index contributed by atoms with van der Waals surface area (Å²) in [6.45, 7) is 4.12. The highest BCUT2D eigenvalue weighted by Crippen LogP contribution is 2.38. The predicted molar refractivity (Wildman–Crippen MR) is 379 cm³/mol. The second kappa shape index (κ2) is 68.3. The first-order chi connectivity index (χ1) is 43.0. The number of rotatable bonds is 68. The molecule has 0 aromatic rings. The van der Waals surface area contributed by atoms with Gasteiger partial charge in [-0.2, -0.15) is 0 Å². The second-order valence-corrected chi connectivity index (χ2v) is 27.3. The molecule has 0 bridgehead atoms. The molecule has 0 fully saturated rings. The van der Waals surface area contributed by atoms with Gasteiger partial charge in [-0.1, -0.05) is 323 Å². The zero-order chi connectivity index (χ0) is 64.1. The summed E-state index contributed by atoms with van der Waals surface area (Å²) in [6.07, 6.45) is 95.3. The number of nitrogens with zero attached hydrogens (tertiary/aromatic N) is 1. The Balaban J connectivity index is 3.98. The van der Waals surface area contributed by atoms with Gasteiger partial charge in [0.05, 0.1) is 27.7 Å². The highest BCUT2D eigenvalue weighted by atomic mass is 31.2. The molecule has 2 atom stereocenters. The summed E-state index contributed by atoms with van der Waals surface area (Å²) < 4.78 is 34.3. The summed E-state index contributed by atoms with van der Waals surface area (Å²) in [5, 5.41) is 0. The van der Waals surface area contributed by atoms with E-state index in [1.807, 2.05) is 21.1 Å². The molecule has 0 N–H and O–H groups in total. The Hall–Kier alpha value is -3.07. The van der Waals surface area contributed by atoms with E-state index in [0.29, 0.717) is 17.4 Å². The van der Waals surface area contributed by atoms with Gasteiger partial charge in [0.25, 0.3) is 7.82 Å². The number of phosphoric ester groups is 1. The van der Waals surface area contributed by atoms with Gasteiger partial charge in [0, 0.05) is 12.8 Å². The number of carbonyl (C=O) groups excluding carboxylic acids is 2. The van der Waals surface area contributed by atoms with Crippen LogP contribution in [0.4, 0.5) is 0 Å². The summed E-state index contributed by atoms with van der Waals surface area (Å²) >= 11 is 0. The van der Waals surface area contributed by atoms with E-state index in [9.17, 15) is 19.0 Å². The Labute approximate surface area is 544 Å². The second-order valence-electron chi connectivity index (χ2n) is 25.9. The Morgan fingerprint density at radius 1 is 0.364 bits per heavy atom. The van der Waals surface area contributed by atoms with Gasteiger partial charge in [-0.25, -0.2) is 0 Å². The molecule has 0 saturated heterocycles. The van der Waals surface area contributed by atoms with Crippen molar-refractivity contribution in [3.63, 3.8) is 0 Å². The lowest BCUT2D eigenvalue weighted by Crippen LogP contribution is -2.37. The van der Waals surface area contributed by atoms with Gasteiger partial charge in [-0.15, -0.1) is 0 Å². The number of esters is 2. The van der Waals surface area contributed by atoms with Gasteiger partial charge in [0.2, 0.25) is 0 Å². The molecule has 0 saturated carbocycles. The summed E-state index contributed by atoms with van der Waals surface area (Å²) in [7, 11) is 1.14. The SMILES string of the molecule is CC/C=C\C/C=C\C/C=C\C/C=C\C/C=C\C/C=C\C/C=C\CCCCCC(=O)OC(COC(=O)CCCCCCCCCCCCCCCCCCCCCCCCCCCCC/C=C\CCCCCCCCCC)COP(=O)([O-])OCC[N+](C)(C)C. The summed E-state index contributed by atoms with van der Waals surface area (Å²) in [5.41, 5.74) is 0. The quantitative estimate of drug-likeness (QED) is 0.0195. The van der Waals surface area contributed by atoms with Crippen molar-refractivity contribution in [2.75, 3.05) is 47.5 Å². The van der Waals surface area contributed by atoms with Gasteiger partial charge in [-0.3, -0.25) is 14.2 Å². The monoisotopic (exact) mass is 1250 g/mol. The van der Waals surface area contributed by atoms with E-state index in [1.54, 1.807) is 0 Å². The number of likely N-dealkylation sites (N-methyl/N-ethyl adjacent to an activating group) is 1. The number of quaternary nitrogens is 1. The fourth-order valence-electron chi connectivity index (χ4n) is 10.5. The van der Waals surface area contributed by atoms with Gasteiger partial charge in [-0.05, 0) is 96.3 Å². The van der Waals surface area contributed by atoms with Crippen molar-refractivity contribution in [3.05, 3.63) is 97.2 Å². The third-order valence-corrected chi connectivity index (χ3v) is 17.1. The van der Waals surface area contributed by atoms with Crippen LogP contribution in [-0.2, 0) is 32.7 Å². The molecule has 10 heteroatoms. The number of hydrogen-bond acceptors (Lipinski definition) is 8. The minimum atomic E-state index is -4.66. The average molecular weight is 1250 g/mol. The number of unbranched alkanes of at least 4 members (excludes halogenated alkanes) is 38. The van der Waals surface area contributed by atoms with Crippen molar-refractivity contribution >= 4 is 19.8 Å². The molecule has 0 aromatic carbocycles. The predicted octanol–water partition coefficient (Wildman–Crippen LogP) is 23.6. The fraction of sp³-hybridized carbons (Fsp3) is 0.769.